The van der Waals surface area contributed by atoms with Gasteiger partial charge in [-0.05, 0) is 23.8 Å². The van der Waals surface area contributed by atoms with Crippen LogP contribution in [0.4, 0.5) is 13.2 Å². The summed E-state index contributed by atoms with van der Waals surface area (Å²) in [4.78, 5) is 18.3. The lowest BCUT2D eigenvalue weighted by atomic mass is 10.1. The number of amides is 1. The van der Waals surface area contributed by atoms with Crippen molar-refractivity contribution in [3.63, 3.8) is 0 Å². The van der Waals surface area contributed by atoms with E-state index in [4.69, 9.17) is 14.2 Å². The minimum absolute atomic E-state index is 0.0508. The summed E-state index contributed by atoms with van der Waals surface area (Å²) in [6.07, 6.45) is -3.07. The number of methoxy groups -OCH3 is 1. The molecule has 0 saturated carbocycles. The highest BCUT2D eigenvalue weighted by molar-refractivity contribution is 5.78. The molecule has 1 aliphatic heterocycles. The maximum absolute atomic E-state index is 12.8. The molecule has 0 aliphatic carbocycles. The summed E-state index contributed by atoms with van der Waals surface area (Å²) >= 11 is 0. The Balaban J connectivity index is 1.53. The van der Waals surface area contributed by atoms with Crippen LogP contribution in [0.1, 0.15) is 11.1 Å². The van der Waals surface area contributed by atoms with Crippen LogP contribution in [0, 0.1) is 0 Å². The maximum Gasteiger partial charge on any atom is 0.416 e. The SMILES string of the molecule is COc1ccc(CC(=O)N2CCO[C@H](COc3cccc(C(F)(F)F)c3)C2)cn1. The van der Waals surface area contributed by atoms with E-state index in [9.17, 15) is 18.0 Å². The first-order chi connectivity index (χ1) is 13.8. The van der Waals surface area contributed by atoms with Crippen molar-refractivity contribution in [1.29, 1.82) is 0 Å². The molecule has 1 aromatic carbocycles. The van der Waals surface area contributed by atoms with Gasteiger partial charge < -0.3 is 19.1 Å². The number of nitrogens with zero attached hydrogens (tertiary/aromatic N) is 2. The van der Waals surface area contributed by atoms with Crippen LogP contribution in [0.15, 0.2) is 42.6 Å². The van der Waals surface area contributed by atoms with Crippen molar-refractivity contribution in [1.82, 2.24) is 9.88 Å². The van der Waals surface area contributed by atoms with Crippen LogP contribution in [0.2, 0.25) is 0 Å². The van der Waals surface area contributed by atoms with Crippen LogP contribution in [-0.2, 0) is 22.1 Å². The molecule has 1 saturated heterocycles. The molecule has 0 N–H and O–H groups in total. The predicted octanol–water partition coefficient (Wildman–Crippen LogP) is 2.96. The number of hydrogen-bond acceptors (Lipinski definition) is 5. The Hall–Kier alpha value is -2.81. The molecule has 1 atom stereocenters. The lowest BCUT2D eigenvalue weighted by Gasteiger charge is -2.33. The molecule has 1 aliphatic rings. The molecule has 0 bridgehead atoms. The van der Waals surface area contributed by atoms with Crippen LogP contribution in [0.3, 0.4) is 0 Å². The monoisotopic (exact) mass is 410 g/mol. The van der Waals surface area contributed by atoms with Crippen LogP contribution >= 0.6 is 0 Å². The van der Waals surface area contributed by atoms with Gasteiger partial charge in [-0.2, -0.15) is 13.2 Å². The molecule has 1 fully saturated rings. The van der Waals surface area contributed by atoms with Crippen molar-refractivity contribution in [3.8, 4) is 11.6 Å². The number of morpholine rings is 1. The third-order valence-electron chi connectivity index (χ3n) is 4.45. The Labute approximate surface area is 166 Å². The Morgan fingerprint density at radius 1 is 1.31 bits per heavy atom. The molecule has 2 heterocycles. The van der Waals surface area contributed by atoms with E-state index in [0.717, 1.165) is 17.7 Å². The topological polar surface area (TPSA) is 60.9 Å². The van der Waals surface area contributed by atoms with Gasteiger partial charge in [-0.3, -0.25) is 4.79 Å². The number of halogens is 3. The van der Waals surface area contributed by atoms with E-state index in [1.807, 2.05) is 0 Å². The number of carbonyl (C=O) groups excluding carboxylic acids is 1. The summed E-state index contributed by atoms with van der Waals surface area (Å²) in [5.41, 5.74) is -0.0106. The van der Waals surface area contributed by atoms with Gasteiger partial charge in [0.1, 0.15) is 18.5 Å². The van der Waals surface area contributed by atoms with Gasteiger partial charge in [-0.25, -0.2) is 4.98 Å². The van der Waals surface area contributed by atoms with E-state index in [-0.39, 0.29) is 24.7 Å². The quantitative estimate of drug-likeness (QED) is 0.733. The molecule has 1 aromatic heterocycles. The van der Waals surface area contributed by atoms with E-state index >= 15 is 0 Å². The van der Waals surface area contributed by atoms with E-state index in [1.54, 1.807) is 23.2 Å². The minimum Gasteiger partial charge on any atom is -0.491 e. The molecular weight excluding hydrogens is 389 g/mol. The number of aromatic nitrogens is 1. The first-order valence-electron chi connectivity index (χ1n) is 9.03. The number of alkyl halides is 3. The highest BCUT2D eigenvalue weighted by Crippen LogP contribution is 2.31. The molecule has 6 nitrogen and oxygen atoms in total. The molecular formula is C20H21F3N2O4. The second-order valence-corrected chi connectivity index (χ2v) is 6.55. The maximum atomic E-state index is 12.8. The van der Waals surface area contributed by atoms with Gasteiger partial charge in [0.15, 0.2) is 0 Å². The number of ether oxygens (including phenoxy) is 3. The van der Waals surface area contributed by atoms with Crippen LogP contribution in [-0.4, -0.2) is 55.3 Å². The number of carbonyl (C=O) groups is 1. The van der Waals surface area contributed by atoms with Crippen molar-refractivity contribution < 1.29 is 32.2 Å². The third kappa shape index (κ3) is 5.83. The number of pyridine rings is 1. The lowest BCUT2D eigenvalue weighted by Crippen LogP contribution is -2.48. The van der Waals surface area contributed by atoms with Crippen LogP contribution < -0.4 is 9.47 Å². The second kappa shape index (κ2) is 9.13. The van der Waals surface area contributed by atoms with Gasteiger partial charge in [0, 0.05) is 18.8 Å². The molecule has 1 amide bonds. The smallest absolute Gasteiger partial charge is 0.416 e. The van der Waals surface area contributed by atoms with Crippen LogP contribution in [0.25, 0.3) is 0 Å². The normalized spacial score (nSPS) is 17.1. The van der Waals surface area contributed by atoms with Crippen LogP contribution in [0.5, 0.6) is 11.6 Å². The van der Waals surface area contributed by atoms with Crippen molar-refractivity contribution in [2.75, 3.05) is 33.4 Å². The molecule has 0 radical (unpaired) electrons. The average molecular weight is 410 g/mol. The summed E-state index contributed by atoms with van der Waals surface area (Å²) in [7, 11) is 1.52. The number of hydrogen-bond donors (Lipinski definition) is 0. The molecule has 0 unspecified atom stereocenters. The molecule has 0 spiro atoms. The van der Waals surface area contributed by atoms with Gasteiger partial charge in [0.25, 0.3) is 0 Å². The second-order valence-electron chi connectivity index (χ2n) is 6.55. The summed E-state index contributed by atoms with van der Waals surface area (Å²) in [5, 5.41) is 0. The predicted molar refractivity (Wildman–Crippen MR) is 97.8 cm³/mol. The standard InChI is InChI=1S/C20H21F3N2O4/c1-27-18-6-5-14(11-24-18)9-19(26)25-7-8-28-17(12-25)13-29-16-4-2-3-15(10-16)20(21,22)23/h2-6,10-11,17H,7-9,12-13H2,1H3/t17-/m0/s1. The summed E-state index contributed by atoms with van der Waals surface area (Å²) in [6, 6.07) is 8.14. The lowest BCUT2D eigenvalue weighted by molar-refractivity contribution is -0.139. The van der Waals surface area contributed by atoms with Gasteiger partial charge >= 0.3 is 6.18 Å². The van der Waals surface area contributed by atoms with Crippen molar-refractivity contribution in [2.24, 2.45) is 0 Å². The molecule has 2 aromatic rings. The van der Waals surface area contributed by atoms with Crippen molar-refractivity contribution in [3.05, 3.63) is 53.7 Å². The van der Waals surface area contributed by atoms with Gasteiger partial charge in [-0.15, -0.1) is 0 Å². The fraction of sp³-hybridized carbons (Fsp3) is 0.400. The van der Waals surface area contributed by atoms with E-state index in [2.05, 4.69) is 4.98 Å². The highest BCUT2D eigenvalue weighted by atomic mass is 19.4. The Kier molecular flexibility index (Phi) is 6.58. The van der Waals surface area contributed by atoms with E-state index in [1.165, 1.54) is 19.2 Å². The zero-order chi connectivity index (χ0) is 20.9. The molecule has 156 valence electrons. The summed E-state index contributed by atoms with van der Waals surface area (Å²) in [5.74, 6) is 0.500. The van der Waals surface area contributed by atoms with Gasteiger partial charge in [0.2, 0.25) is 11.8 Å². The molecule has 3 rings (SSSR count). The Morgan fingerprint density at radius 3 is 2.83 bits per heavy atom. The number of benzene rings is 1. The first kappa shape index (κ1) is 20.9. The fourth-order valence-electron chi connectivity index (χ4n) is 2.92. The fourth-order valence-corrected chi connectivity index (χ4v) is 2.92. The van der Waals surface area contributed by atoms with Gasteiger partial charge in [-0.1, -0.05) is 12.1 Å². The average Bonchev–Trinajstić information content (AvgIpc) is 2.72. The first-order valence-corrected chi connectivity index (χ1v) is 9.03. The zero-order valence-electron chi connectivity index (χ0n) is 15.8. The Bertz CT molecular complexity index is 827. The minimum atomic E-state index is -4.43. The van der Waals surface area contributed by atoms with Crippen molar-refractivity contribution in [2.45, 2.75) is 18.7 Å². The zero-order valence-corrected chi connectivity index (χ0v) is 15.8. The van der Waals surface area contributed by atoms with E-state index < -0.39 is 17.8 Å². The number of rotatable bonds is 6. The third-order valence-corrected chi connectivity index (χ3v) is 4.45. The highest BCUT2D eigenvalue weighted by Gasteiger charge is 2.31. The summed E-state index contributed by atoms with van der Waals surface area (Å²) < 4.78 is 54.4. The molecule has 29 heavy (non-hydrogen) atoms. The largest absolute Gasteiger partial charge is 0.491 e. The Morgan fingerprint density at radius 2 is 2.14 bits per heavy atom. The van der Waals surface area contributed by atoms with E-state index in [0.29, 0.717) is 25.6 Å². The van der Waals surface area contributed by atoms with Gasteiger partial charge in [0.05, 0.1) is 32.2 Å². The molecule has 9 heteroatoms. The summed E-state index contributed by atoms with van der Waals surface area (Å²) in [6.45, 7) is 1.14. The van der Waals surface area contributed by atoms with Crippen molar-refractivity contribution >= 4 is 5.91 Å².